The average molecular weight is 396 g/mol. The minimum absolute atomic E-state index is 0.0391. The Balaban J connectivity index is 1.52. The molecule has 3 N–H and O–H groups in total. The van der Waals surface area contributed by atoms with E-state index in [2.05, 4.69) is 27.0 Å². The second kappa shape index (κ2) is 9.82. The molecule has 2 unspecified atom stereocenters. The lowest BCUT2D eigenvalue weighted by atomic mass is 9.90. The van der Waals surface area contributed by atoms with Crippen molar-refractivity contribution >= 4 is 17.6 Å². The van der Waals surface area contributed by atoms with E-state index < -0.39 is 0 Å². The fraction of sp³-hybridized carbons (Fsp3) is 0.364. The molecule has 0 bridgehead atoms. The van der Waals surface area contributed by atoms with E-state index in [0.717, 1.165) is 11.3 Å². The van der Waals surface area contributed by atoms with Crippen molar-refractivity contribution in [3.05, 3.63) is 54.1 Å². The van der Waals surface area contributed by atoms with Crippen molar-refractivity contribution in [2.75, 3.05) is 32.6 Å². The summed E-state index contributed by atoms with van der Waals surface area (Å²) in [5.74, 6) is 2.22. The number of hydrogen-bond donors (Lipinski definition) is 3. The van der Waals surface area contributed by atoms with Crippen LogP contribution in [0.15, 0.2) is 53.5 Å². The highest BCUT2D eigenvalue weighted by molar-refractivity contribution is 5.94. The molecule has 0 spiro atoms. The monoisotopic (exact) mass is 396 g/mol. The van der Waals surface area contributed by atoms with E-state index in [1.807, 2.05) is 49.4 Å². The number of amides is 1. The van der Waals surface area contributed by atoms with Gasteiger partial charge in [0.15, 0.2) is 17.5 Å². The van der Waals surface area contributed by atoms with Crippen LogP contribution >= 0.6 is 0 Å². The third-order valence-electron chi connectivity index (χ3n) is 4.80. The molecule has 2 atom stereocenters. The molecule has 1 aliphatic rings. The fourth-order valence-corrected chi connectivity index (χ4v) is 3.34. The molecule has 29 heavy (non-hydrogen) atoms. The first kappa shape index (κ1) is 20.5. The number of carbonyl (C=O) groups is 1. The zero-order valence-electron chi connectivity index (χ0n) is 17.1. The molecule has 1 amide bonds. The highest BCUT2D eigenvalue weighted by Crippen LogP contribution is 2.31. The van der Waals surface area contributed by atoms with Crippen LogP contribution in [0, 0.1) is 0 Å². The van der Waals surface area contributed by atoms with Crippen molar-refractivity contribution in [3.63, 3.8) is 0 Å². The lowest BCUT2D eigenvalue weighted by Crippen LogP contribution is -2.43. The van der Waals surface area contributed by atoms with Crippen molar-refractivity contribution in [2.45, 2.75) is 25.4 Å². The van der Waals surface area contributed by atoms with Crippen molar-refractivity contribution < 1.29 is 14.3 Å². The van der Waals surface area contributed by atoms with Crippen molar-refractivity contribution in [3.8, 4) is 11.5 Å². The summed E-state index contributed by atoms with van der Waals surface area (Å²) in [6.45, 7) is 3.17. The van der Waals surface area contributed by atoms with Gasteiger partial charge in [-0.1, -0.05) is 30.3 Å². The number of nitrogens with one attached hydrogen (secondary N) is 3. The van der Waals surface area contributed by atoms with Gasteiger partial charge >= 0.3 is 0 Å². The van der Waals surface area contributed by atoms with Crippen LogP contribution in [0.25, 0.3) is 0 Å². The number of benzene rings is 2. The zero-order chi connectivity index (χ0) is 20.6. The summed E-state index contributed by atoms with van der Waals surface area (Å²) in [6, 6.07) is 15.5. The standard InChI is InChI=1S/C22H28N4O3/c1-15(29-20-11-7-6-10-19(20)28-3)13-24-22(23-2)25-14-16-12-21(27)26-18-9-5-4-8-17(16)18/h4-11,15-16H,12-14H2,1-3H3,(H,26,27)(H2,23,24,25). The van der Waals surface area contributed by atoms with Gasteiger partial charge in [-0.05, 0) is 30.7 Å². The maximum absolute atomic E-state index is 12.0. The largest absolute Gasteiger partial charge is 0.493 e. The normalized spacial score (nSPS) is 17.0. The first-order valence-corrected chi connectivity index (χ1v) is 9.73. The SMILES string of the molecule is CN=C(NCC(C)Oc1ccccc1OC)NCC1CC(=O)Nc2ccccc21. The third-order valence-corrected chi connectivity index (χ3v) is 4.80. The van der Waals surface area contributed by atoms with Crippen molar-refractivity contribution in [2.24, 2.45) is 4.99 Å². The quantitative estimate of drug-likeness (QED) is 0.495. The number of carbonyl (C=O) groups excluding carboxylic acids is 1. The molecule has 7 heteroatoms. The summed E-state index contributed by atoms with van der Waals surface area (Å²) >= 11 is 0. The Morgan fingerprint density at radius 1 is 1.17 bits per heavy atom. The van der Waals surface area contributed by atoms with E-state index in [-0.39, 0.29) is 17.9 Å². The zero-order valence-corrected chi connectivity index (χ0v) is 17.1. The number of methoxy groups -OCH3 is 1. The van der Waals surface area contributed by atoms with Gasteiger partial charge < -0.3 is 25.4 Å². The van der Waals surface area contributed by atoms with Gasteiger partial charge in [0.25, 0.3) is 0 Å². The molecule has 7 nitrogen and oxygen atoms in total. The van der Waals surface area contributed by atoms with Gasteiger partial charge in [0.2, 0.25) is 5.91 Å². The third kappa shape index (κ3) is 5.40. The lowest BCUT2D eigenvalue weighted by molar-refractivity contribution is -0.116. The van der Waals surface area contributed by atoms with E-state index in [1.54, 1.807) is 14.2 Å². The Morgan fingerprint density at radius 3 is 2.66 bits per heavy atom. The van der Waals surface area contributed by atoms with Gasteiger partial charge in [-0.25, -0.2) is 0 Å². The number of aliphatic imine (C=N–C) groups is 1. The molecule has 3 rings (SSSR count). The summed E-state index contributed by atoms with van der Waals surface area (Å²) in [6.07, 6.45) is 0.361. The van der Waals surface area contributed by atoms with Gasteiger partial charge in [0.05, 0.1) is 13.7 Å². The molecule has 154 valence electrons. The number of anilines is 1. The number of fused-ring (bicyclic) bond motifs is 1. The molecule has 0 aromatic heterocycles. The Morgan fingerprint density at radius 2 is 1.90 bits per heavy atom. The lowest BCUT2D eigenvalue weighted by Gasteiger charge is -2.26. The summed E-state index contributed by atoms with van der Waals surface area (Å²) in [4.78, 5) is 16.3. The second-order valence-electron chi connectivity index (χ2n) is 6.95. The van der Waals surface area contributed by atoms with Gasteiger partial charge in [-0.3, -0.25) is 9.79 Å². The first-order chi connectivity index (χ1) is 14.1. The average Bonchev–Trinajstić information content (AvgIpc) is 2.74. The van der Waals surface area contributed by atoms with Crippen molar-refractivity contribution in [1.29, 1.82) is 0 Å². The van der Waals surface area contributed by atoms with Gasteiger partial charge in [0.1, 0.15) is 6.10 Å². The van der Waals surface area contributed by atoms with Gasteiger partial charge in [-0.2, -0.15) is 0 Å². The van der Waals surface area contributed by atoms with Crippen LogP contribution in [0.3, 0.4) is 0 Å². The summed E-state index contributed by atoms with van der Waals surface area (Å²) in [5, 5.41) is 9.52. The maximum Gasteiger partial charge on any atom is 0.225 e. The van der Waals surface area contributed by atoms with Crippen LogP contribution in [-0.2, 0) is 4.79 Å². The number of rotatable bonds is 7. The van der Waals surface area contributed by atoms with Crippen LogP contribution in [0.1, 0.15) is 24.8 Å². The number of hydrogen-bond acceptors (Lipinski definition) is 4. The molecule has 2 aromatic carbocycles. The minimum atomic E-state index is -0.0916. The predicted molar refractivity (Wildman–Crippen MR) is 115 cm³/mol. The molecule has 0 fully saturated rings. The second-order valence-corrected chi connectivity index (χ2v) is 6.95. The van der Waals surface area contributed by atoms with E-state index in [0.29, 0.717) is 37.0 Å². The van der Waals surface area contributed by atoms with E-state index in [4.69, 9.17) is 9.47 Å². The van der Waals surface area contributed by atoms with Crippen LogP contribution in [-0.4, -0.2) is 45.2 Å². The molecule has 2 aromatic rings. The maximum atomic E-state index is 12.0. The molecule has 0 radical (unpaired) electrons. The topological polar surface area (TPSA) is 84.0 Å². The van der Waals surface area contributed by atoms with Crippen LogP contribution in [0.5, 0.6) is 11.5 Å². The number of ether oxygens (including phenoxy) is 2. The molecule has 0 aliphatic carbocycles. The molecular weight excluding hydrogens is 368 g/mol. The van der Waals surface area contributed by atoms with Crippen molar-refractivity contribution in [1.82, 2.24) is 10.6 Å². The molecule has 1 heterocycles. The fourth-order valence-electron chi connectivity index (χ4n) is 3.34. The molecule has 0 saturated heterocycles. The summed E-state index contributed by atoms with van der Waals surface area (Å²) in [7, 11) is 3.35. The molecular formula is C22H28N4O3. The van der Waals surface area contributed by atoms with Crippen LogP contribution in [0.2, 0.25) is 0 Å². The van der Waals surface area contributed by atoms with Crippen LogP contribution < -0.4 is 25.4 Å². The first-order valence-electron chi connectivity index (χ1n) is 9.73. The number of guanidine groups is 1. The number of nitrogens with zero attached hydrogens (tertiary/aromatic N) is 1. The summed E-state index contributed by atoms with van der Waals surface area (Å²) in [5.41, 5.74) is 2.03. The Labute approximate surface area is 171 Å². The predicted octanol–water partition coefficient (Wildman–Crippen LogP) is 2.75. The highest BCUT2D eigenvalue weighted by Gasteiger charge is 2.24. The van der Waals surface area contributed by atoms with E-state index in [9.17, 15) is 4.79 Å². The Hall–Kier alpha value is -3.22. The molecule has 0 saturated carbocycles. The van der Waals surface area contributed by atoms with Gasteiger partial charge in [0, 0.05) is 31.6 Å². The van der Waals surface area contributed by atoms with Gasteiger partial charge in [-0.15, -0.1) is 0 Å². The van der Waals surface area contributed by atoms with Crippen LogP contribution in [0.4, 0.5) is 5.69 Å². The Kier molecular flexibility index (Phi) is 6.94. The Bertz CT molecular complexity index is 869. The highest BCUT2D eigenvalue weighted by atomic mass is 16.5. The number of para-hydroxylation sites is 3. The van der Waals surface area contributed by atoms with E-state index in [1.165, 1.54) is 0 Å². The minimum Gasteiger partial charge on any atom is -0.493 e. The summed E-state index contributed by atoms with van der Waals surface area (Å²) < 4.78 is 11.3. The smallest absolute Gasteiger partial charge is 0.225 e. The molecule has 1 aliphatic heterocycles. The van der Waals surface area contributed by atoms with E-state index >= 15 is 0 Å².